The van der Waals surface area contributed by atoms with Crippen LogP contribution in [0, 0.1) is 11.3 Å². The summed E-state index contributed by atoms with van der Waals surface area (Å²) in [4.78, 5) is 26.3. The maximum Gasteiger partial charge on any atom is 0.326 e. The summed E-state index contributed by atoms with van der Waals surface area (Å²) < 4.78 is 6.22. The van der Waals surface area contributed by atoms with E-state index in [2.05, 4.69) is 17.9 Å². The van der Waals surface area contributed by atoms with Gasteiger partial charge in [0.1, 0.15) is 22.7 Å². The van der Waals surface area contributed by atoms with Crippen LogP contribution in [-0.2, 0) is 16.5 Å². The molecule has 1 N–H and O–H groups in total. The Morgan fingerprint density at radius 2 is 1.57 bits per heavy atom. The third-order valence-corrected chi connectivity index (χ3v) is 10.0. The van der Waals surface area contributed by atoms with Gasteiger partial charge in [-0.25, -0.2) is 4.79 Å². The van der Waals surface area contributed by atoms with Crippen LogP contribution in [0.2, 0.25) is 10.0 Å². The minimum Gasteiger partial charge on any atom is -0.493 e. The van der Waals surface area contributed by atoms with E-state index in [0.717, 1.165) is 16.7 Å². The fourth-order valence-electron chi connectivity index (χ4n) is 6.45. The van der Waals surface area contributed by atoms with Crippen LogP contribution in [0.1, 0.15) is 56.9 Å². The number of amides is 2. The lowest BCUT2D eigenvalue weighted by molar-refractivity contribution is 0.0819. The van der Waals surface area contributed by atoms with Gasteiger partial charge in [0.2, 0.25) is 0 Å². The van der Waals surface area contributed by atoms with Crippen molar-refractivity contribution in [2.24, 2.45) is 4.99 Å². The van der Waals surface area contributed by atoms with E-state index >= 15 is 0 Å². The molecule has 0 spiro atoms. The first kappa shape index (κ1) is 33.7. The largest absolute Gasteiger partial charge is 0.493 e. The summed E-state index contributed by atoms with van der Waals surface area (Å²) in [5.41, 5.74) is 0.471. The Bertz CT molecular complexity index is 1650. The van der Waals surface area contributed by atoms with Crippen molar-refractivity contribution in [2.45, 2.75) is 51.1 Å². The van der Waals surface area contributed by atoms with Crippen molar-refractivity contribution in [3.8, 4) is 11.8 Å². The average molecular weight is 663 g/mol. The maximum absolute atomic E-state index is 15.0. The van der Waals surface area contributed by atoms with Crippen LogP contribution in [0.15, 0.2) is 71.7 Å². The Labute approximate surface area is 281 Å². The molecule has 5 rings (SSSR count). The molecule has 0 radical (unpaired) electrons. The molecule has 242 valence electrons. The van der Waals surface area contributed by atoms with Crippen molar-refractivity contribution < 1.29 is 14.6 Å². The van der Waals surface area contributed by atoms with Crippen molar-refractivity contribution in [3.63, 3.8) is 0 Å². The van der Waals surface area contributed by atoms with E-state index in [4.69, 9.17) is 32.9 Å². The van der Waals surface area contributed by atoms with Crippen LogP contribution in [0.5, 0.6) is 5.75 Å². The van der Waals surface area contributed by atoms with Gasteiger partial charge in [-0.05, 0) is 87.7 Å². The lowest BCUT2D eigenvalue weighted by atomic mass is 9.71. The number of aliphatic hydroxyl groups excluding tert-OH is 1. The number of hydrogen-bond acceptors (Lipinski definition) is 6. The maximum atomic E-state index is 15.0. The van der Waals surface area contributed by atoms with Crippen LogP contribution < -0.4 is 4.74 Å². The molecule has 2 aliphatic rings. The summed E-state index contributed by atoms with van der Waals surface area (Å²) in [7, 11) is 0. The quantitative estimate of drug-likeness (QED) is 0.286. The van der Waals surface area contributed by atoms with E-state index in [1.54, 1.807) is 0 Å². The predicted molar refractivity (Wildman–Crippen MR) is 183 cm³/mol. The highest BCUT2D eigenvalue weighted by atomic mass is 35.5. The molecule has 1 fully saturated rings. The summed E-state index contributed by atoms with van der Waals surface area (Å²) in [6.07, 6.45) is 0. The first-order valence-corrected chi connectivity index (χ1v) is 16.4. The molecule has 0 saturated carbocycles. The van der Waals surface area contributed by atoms with Crippen molar-refractivity contribution in [2.75, 3.05) is 45.9 Å². The van der Waals surface area contributed by atoms with Gasteiger partial charge in [0.05, 0.1) is 30.3 Å². The fraction of sp³-hybridized carbons (Fsp3) is 0.417. The highest BCUT2D eigenvalue weighted by Crippen LogP contribution is 2.54. The average Bonchev–Trinajstić information content (AvgIpc) is 3.29. The minimum absolute atomic E-state index is 0.0732. The second-order valence-corrected chi connectivity index (χ2v) is 13.5. The number of piperazine rings is 1. The van der Waals surface area contributed by atoms with Gasteiger partial charge in [0.15, 0.2) is 0 Å². The van der Waals surface area contributed by atoms with Gasteiger partial charge in [0, 0.05) is 42.8 Å². The first-order chi connectivity index (χ1) is 21.9. The van der Waals surface area contributed by atoms with Crippen molar-refractivity contribution >= 4 is 35.1 Å². The molecule has 2 amide bonds. The first-order valence-electron chi connectivity index (χ1n) is 15.6. The number of carbonyl (C=O) groups is 1. The number of rotatable bonds is 8. The molecular weight excluding hydrogens is 621 g/mol. The second kappa shape index (κ2) is 13.2. The monoisotopic (exact) mass is 661 g/mol. The highest BCUT2D eigenvalue weighted by molar-refractivity contribution is 6.30. The molecule has 2 atom stereocenters. The summed E-state index contributed by atoms with van der Waals surface area (Å²) in [5.74, 6) is 1.02. The molecule has 46 heavy (non-hydrogen) atoms. The normalized spacial score (nSPS) is 22.0. The Balaban J connectivity index is 1.76. The molecule has 2 heterocycles. The van der Waals surface area contributed by atoms with Crippen molar-refractivity contribution in [3.05, 3.63) is 99.0 Å². The van der Waals surface area contributed by atoms with Gasteiger partial charge < -0.3 is 14.7 Å². The Morgan fingerprint density at radius 3 is 2.11 bits per heavy atom. The second-order valence-electron chi connectivity index (χ2n) is 12.6. The molecule has 10 heteroatoms. The van der Waals surface area contributed by atoms with Gasteiger partial charge in [-0.2, -0.15) is 5.26 Å². The summed E-state index contributed by atoms with van der Waals surface area (Å²) in [6, 6.07) is 23.1. The van der Waals surface area contributed by atoms with E-state index in [0.29, 0.717) is 66.5 Å². The van der Waals surface area contributed by atoms with Gasteiger partial charge in [-0.1, -0.05) is 53.5 Å². The number of ether oxygens (including phenoxy) is 1. The Kier molecular flexibility index (Phi) is 9.72. The molecule has 0 aromatic heterocycles. The zero-order valence-electron chi connectivity index (χ0n) is 27.1. The Hall–Kier alpha value is -3.61. The van der Waals surface area contributed by atoms with E-state index in [-0.39, 0.29) is 12.6 Å². The number of nitriles is 1. The molecule has 0 unspecified atom stereocenters. The zero-order valence-corrected chi connectivity index (χ0v) is 28.6. The zero-order chi connectivity index (χ0) is 33.3. The standard InChI is InChI=1S/C36H41Cl2N5O3/c1-6-46-31-23-27(34(2,3)24-39)11-16-30(31)32-40-35(4,25-7-12-28(37)13-8-25)36(5,26-9-14-29(38)15-10-26)43(32)33(45)42-19-17-41(18-20-42)21-22-44/h7-16,23,44H,6,17-22H2,1-5H3/t35-,36+/m0/s1. The lowest BCUT2D eigenvalue weighted by Crippen LogP contribution is -2.60. The number of benzene rings is 3. The predicted octanol–water partition coefficient (Wildman–Crippen LogP) is 6.82. The number of urea groups is 1. The van der Waals surface area contributed by atoms with Crippen LogP contribution >= 0.6 is 23.2 Å². The van der Waals surface area contributed by atoms with E-state index in [1.807, 2.05) is 104 Å². The van der Waals surface area contributed by atoms with Gasteiger partial charge in [-0.15, -0.1) is 0 Å². The molecule has 3 aromatic carbocycles. The minimum atomic E-state index is -1.02. The smallest absolute Gasteiger partial charge is 0.326 e. The van der Waals surface area contributed by atoms with Crippen molar-refractivity contribution in [1.29, 1.82) is 5.26 Å². The van der Waals surface area contributed by atoms with E-state index in [1.165, 1.54) is 0 Å². The van der Waals surface area contributed by atoms with E-state index in [9.17, 15) is 15.2 Å². The van der Waals surface area contributed by atoms with Crippen molar-refractivity contribution in [1.82, 2.24) is 14.7 Å². The summed E-state index contributed by atoms with van der Waals surface area (Å²) >= 11 is 12.7. The number of amidine groups is 1. The third kappa shape index (κ3) is 5.98. The number of β-amino-alcohol motifs (C(OH)–C–C–N with tert-alkyl or cyclic N) is 1. The topological polar surface area (TPSA) is 92.4 Å². The van der Waals surface area contributed by atoms with Crippen LogP contribution in [-0.4, -0.2) is 77.6 Å². The van der Waals surface area contributed by atoms with Crippen LogP contribution in [0.3, 0.4) is 0 Å². The fourth-order valence-corrected chi connectivity index (χ4v) is 6.70. The van der Waals surface area contributed by atoms with Gasteiger partial charge in [-0.3, -0.25) is 14.8 Å². The molecule has 2 aliphatic heterocycles. The lowest BCUT2D eigenvalue weighted by Gasteiger charge is -2.47. The molecule has 0 aliphatic carbocycles. The molecule has 8 nitrogen and oxygen atoms in total. The number of aliphatic hydroxyl groups is 1. The van der Waals surface area contributed by atoms with Crippen LogP contribution in [0.25, 0.3) is 0 Å². The number of carbonyl (C=O) groups excluding carboxylic acids is 1. The third-order valence-electron chi connectivity index (χ3n) is 9.52. The molecule has 1 saturated heterocycles. The molecule has 0 bridgehead atoms. The van der Waals surface area contributed by atoms with Crippen LogP contribution in [0.4, 0.5) is 4.79 Å². The highest BCUT2D eigenvalue weighted by Gasteiger charge is 2.60. The van der Waals surface area contributed by atoms with E-state index < -0.39 is 16.5 Å². The van der Waals surface area contributed by atoms with Gasteiger partial charge >= 0.3 is 6.03 Å². The summed E-state index contributed by atoms with van der Waals surface area (Å²) in [5, 5.41) is 20.6. The summed E-state index contributed by atoms with van der Waals surface area (Å²) in [6.45, 7) is 13.1. The Morgan fingerprint density at radius 1 is 0.978 bits per heavy atom. The number of nitrogens with zero attached hydrogens (tertiary/aromatic N) is 5. The van der Waals surface area contributed by atoms with Gasteiger partial charge in [0.25, 0.3) is 0 Å². The number of aliphatic imine (C=N–C) groups is 1. The number of hydrogen-bond donors (Lipinski definition) is 1. The molecule has 3 aromatic rings. The molecular formula is C36H41Cl2N5O3. The number of halogens is 2. The SMILES string of the molecule is CCOc1cc(C(C)(C)C#N)ccc1C1=N[C@@](C)(c2ccc(Cl)cc2)[C@@](C)(c2ccc(Cl)cc2)N1C(=O)N1CCN(CCO)CC1.